The molecule has 0 radical (unpaired) electrons. The summed E-state index contributed by atoms with van der Waals surface area (Å²) in [5, 5.41) is 0.740. The van der Waals surface area contributed by atoms with Crippen LogP contribution in [-0.4, -0.2) is 62.2 Å². The lowest BCUT2D eigenvalue weighted by Gasteiger charge is -2.32. The van der Waals surface area contributed by atoms with Gasteiger partial charge in [0.25, 0.3) is 0 Å². The number of rotatable bonds is 6. The van der Waals surface area contributed by atoms with Gasteiger partial charge in [0.05, 0.1) is 0 Å². The Morgan fingerprint density at radius 3 is 2.67 bits per heavy atom. The number of nitrogens with zero attached hydrogens (tertiary/aromatic N) is 2. The first-order chi connectivity index (χ1) is 10.1. The predicted octanol–water partition coefficient (Wildman–Crippen LogP) is 1.86. The summed E-state index contributed by atoms with van der Waals surface area (Å²) >= 11 is 6.27. The number of likely N-dealkylation sites (N-methyl/N-ethyl adjacent to an activating group) is 1. The fraction of sp³-hybridized carbons (Fsp3) is 0.625. The topological polar surface area (TPSA) is 41.7 Å². The first kappa shape index (κ1) is 16.6. The van der Waals surface area contributed by atoms with Gasteiger partial charge in [-0.25, -0.2) is 0 Å². The van der Waals surface area contributed by atoms with E-state index in [0.29, 0.717) is 6.61 Å². The first-order valence-electron chi connectivity index (χ1n) is 7.63. The maximum atomic E-state index is 6.27. The van der Waals surface area contributed by atoms with Crippen molar-refractivity contribution in [3.05, 3.63) is 28.8 Å². The van der Waals surface area contributed by atoms with Crippen molar-refractivity contribution in [3.63, 3.8) is 0 Å². The molecule has 1 heterocycles. The zero-order valence-electron chi connectivity index (χ0n) is 13.0. The number of nitrogens with two attached hydrogens (primary N) is 1. The van der Waals surface area contributed by atoms with Crippen LogP contribution in [0, 0.1) is 0 Å². The SMILES string of the molecule is CC(N)Cc1c(Cl)cccc1OCCN1CCN(C)CC1. The molecule has 1 fully saturated rings. The van der Waals surface area contributed by atoms with Gasteiger partial charge in [0.2, 0.25) is 0 Å². The molecule has 1 aromatic rings. The van der Waals surface area contributed by atoms with Gasteiger partial charge in [-0.15, -0.1) is 0 Å². The van der Waals surface area contributed by atoms with Crippen molar-refractivity contribution in [1.29, 1.82) is 0 Å². The third-order valence-corrected chi connectivity index (χ3v) is 4.22. The molecule has 118 valence electrons. The van der Waals surface area contributed by atoms with E-state index in [2.05, 4.69) is 16.8 Å². The number of ether oxygens (including phenoxy) is 1. The van der Waals surface area contributed by atoms with Crippen molar-refractivity contribution in [1.82, 2.24) is 9.80 Å². The lowest BCUT2D eigenvalue weighted by molar-refractivity contribution is 0.133. The summed E-state index contributed by atoms with van der Waals surface area (Å²) in [6, 6.07) is 5.88. The molecular weight excluding hydrogens is 286 g/mol. The van der Waals surface area contributed by atoms with Crippen molar-refractivity contribution < 1.29 is 4.74 Å². The molecule has 1 aromatic carbocycles. The highest BCUT2D eigenvalue weighted by atomic mass is 35.5. The number of benzene rings is 1. The molecule has 4 nitrogen and oxygen atoms in total. The standard InChI is InChI=1S/C16H26ClN3O/c1-13(18)12-14-15(17)4-3-5-16(14)21-11-10-20-8-6-19(2)7-9-20/h3-5,13H,6-12,18H2,1-2H3. The molecule has 0 bridgehead atoms. The zero-order chi connectivity index (χ0) is 15.2. The smallest absolute Gasteiger partial charge is 0.124 e. The molecule has 0 aliphatic carbocycles. The van der Waals surface area contributed by atoms with Gasteiger partial charge in [-0.05, 0) is 32.5 Å². The van der Waals surface area contributed by atoms with Gasteiger partial charge < -0.3 is 15.4 Å². The van der Waals surface area contributed by atoms with Gasteiger partial charge in [-0.3, -0.25) is 4.90 Å². The molecule has 1 atom stereocenters. The maximum absolute atomic E-state index is 6.27. The van der Waals surface area contributed by atoms with E-state index in [0.717, 1.165) is 55.5 Å². The normalized spacial score (nSPS) is 18.7. The molecule has 0 saturated carbocycles. The van der Waals surface area contributed by atoms with Crippen molar-refractivity contribution in [2.75, 3.05) is 46.4 Å². The Hall–Kier alpha value is -0.810. The summed E-state index contributed by atoms with van der Waals surface area (Å²) in [6.45, 7) is 8.12. The van der Waals surface area contributed by atoms with E-state index < -0.39 is 0 Å². The quantitative estimate of drug-likeness (QED) is 0.870. The summed E-state index contributed by atoms with van der Waals surface area (Å²) in [4.78, 5) is 4.80. The van der Waals surface area contributed by atoms with Crippen LogP contribution in [0.2, 0.25) is 5.02 Å². The van der Waals surface area contributed by atoms with Gasteiger partial charge in [0.1, 0.15) is 12.4 Å². The summed E-state index contributed by atoms with van der Waals surface area (Å²) in [6.07, 6.45) is 0.740. The molecular formula is C16H26ClN3O. The first-order valence-corrected chi connectivity index (χ1v) is 8.00. The Bertz CT molecular complexity index is 445. The molecule has 0 aromatic heterocycles. The van der Waals surface area contributed by atoms with Crippen molar-refractivity contribution in [2.24, 2.45) is 5.73 Å². The van der Waals surface area contributed by atoms with Crippen LogP contribution in [0.3, 0.4) is 0 Å². The van der Waals surface area contributed by atoms with E-state index in [1.54, 1.807) is 0 Å². The van der Waals surface area contributed by atoms with E-state index in [1.807, 2.05) is 25.1 Å². The maximum Gasteiger partial charge on any atom is 0.124 e. The molecule has 0 spiro atoms. The van der Waals surface area contributed by atoms with Gasteiger partial charge in [0.15, 0.2) is 0 Å². The molecule has 2 N–H and O–H groups in total. The van der Waals surface area contributed by atoms with Crippen molar-refractivity contribution in [3.8, 4) is 5.75 Å². The minimum Gasteiger partial charge on any atom is -0.492 e. The lowest BCUT2D eigenvalue weighted by Crippen LogP contribution is -2.45. The largest absolute Gasteiger partial charge is 0.492 e. The van der Waals surface area contributed by atoms with Crippen LogP contribution in [0.4, 0.5) is 0 Å². The van der Waals surface area contributed by atoms with Crippen LogP contribution in [0.15, 0.2) is 18.2 Å². The minimum absolute atomic E-state index is 0.0740. The Morgan fingerprint density at radius 2 is 2.00 bits per heavy atom. The monoisotopic (exact) mass is 311 g/mol. The van der Waals surface area contributed by atoms with Crippen LogP contribution < -0.4 is 10.5 Å². The van der Waals surface area contributed by atoms with Crippen molar-refractivity contribution >= 4 is 11.6 Å². The number of piperazine rings is 1. The van der Waals surface area contributed by atoms with Crippen LogP contribution in [-0.2, 0) is 6.42 Å². The van der Waals surface area contributed by atoms with E-state index in [4.69, 9.17) is 22.1 Å². The predicted molar refractivity (Wildman–Crippen MR) is 88.2 cm³/mol. The summed E-state index contributed by atoms with van der Waals surface area (Å²) in [5.74, 6) is 0.869. The average Bonchev–Trinajstić information content (AvgIpc) is 2.44. The van der Waals surface area contributed by atoms with E-state index in [9.17, 15) is 0 Å². The van der Waals surface area contributed by atoms with E-state index >= 15 is 0 Å². The molecule has 1 aliphatic rings. The highest BCUT2D eigenvalue weighted by Gasteiger charge is 2.14. The van der Waals surface area contributed by atoms with Crippen molar-refractivity contribution in [2.45, 2.75) is 19.4 Å². The molecule has 1 saturated heterocycles. The second-order valence-corrected chi connectivity index (χ2v) is 6.30. The summed E-state index contributed by atoms with van der Waals surface area (Å²) < 4.78 is 5.95. The second kappa shape index (κ2) is 7.99. The Morgan fingerprint density at radius 1 is 1.29 bits per heavy atom. The van der Waals surface area contributed by atoms with Crippen LogP contribution >= 0.6 is 11.6 Å². The molecule has 1 unspecified atom stereocenters. The lowest BCUT2D eigenvalue weighted by atomic mass is 10.1. The number of hydrogen-bond acceptors (Lipinski definition) is 4. The minimum atomic E-state index is 0.0740. The fourth-order valence-corrected chi connectivity index (χ4v) is 2.79. The average molecular weight is 312 g/mol. The molecule has 21 heavy (non-hydrogen) atoms. The van der Waals surface area contributed by atoms with Crippen LogP contribution in [0.5, 0.6) is 5.75 Å². The molecule has 0 amide bonds. The summed E-state index contributed by atoms with van der Waals surface area (Å²) in [7, 11) is 2.17. The Labute approximate surface area is 132 Å². The molecule has 5 heteroatoms. The van der Waals surface area contributed by atoms with E-state index in [1.165, 1.54) is 0 Å². The number of halogens is 1. The highest BCUT2D eigenvalue weighted by Crippen LogP contribution is 2.27. The highest BCUT2D eigenvalue weighted by molar-refractivity contribution is 6.31. The van der Waals surface area contributed by atoms with Crippen LogP contribution in [0.1, 0.15) is 12.5 Å². The molecule has 1 aliphatic heterocycles. The third kappa shape index (κ3) is 5.15. The Kier molecular flexibility index (Phi) is 6.30. The van der Waals surface area contributed by atoms with Gasteiger partial charge >= 0.3 is 0 Å². The number of hydrogen-bond donors (Lipinski definition) is 1. The van der Waals surface area contributed by atoms with Crippen LogP contribution in [0.25, 0.3) is 0 Å². The second-order valence-electron chi connectivity index (χ2n) is 5.89. The van der Waals surface area contributed by atoms with Gasteiger partial charge in [0, 0.05) is 49.4 Å². The van der Waals surface area contributed by atoms with E-state index in [-0.39, 0.29) is 6.04 Å². The Balaban J connectivity index is 1.86. The molecule has 2 rings (SSSR count). The van der Waals surface area contributed by atoms with Gasteiger partial charge in [-0.1, -0.05) is 17.7 Å². The zero-order valence-corrected chi connectivity index (χ0v) is 13.8. The van der Waals surface area contributed by atoms with Gasteiger partial charge in [-0.2, -0.15) is 0 Å². The third-order valence-electron chi connectivity index (χ3n) is 3.86. The fourth-order valence-electron chi connectivity index (χ4n) is 2.55. The summed E-state index contributed by atoms with van der Waals surface area (Å²) in [5.41, 5.74) is 6.91.